The number of hydrogen-bond donors (Lipinski definition) is 0. The van der Waals surface area contributed by atoms with Crippen LogP contribution in [-0.4, -0.2) is 10.8 Å². The quantitative estimate of drug-likeness (QED) is 0.614. The summed E-state index contributed by atoms with van der Waals surface area (Å²) in [7, 11) is 0. The van der Waals surface area contributed by atoms with E-state index < -0.39 is 10.8 Å². The van der Waals surface area contributed by atoms with Crippen molar-refractivity contribution in [1.29, 1.82) is 0 Å². The Kier molecular flexibility index (Phi) is 2.62. The fraction of sp³-hybridized carbons (Fsp3) is 0.500. The predicted molar refractivity (Wildman–Crippen MR) is 25.8 cm³/mol. The third-order valence-electron chi connectivity index (χ3n) is 0.302. The van der Waals surface area contributed by atoms with Crippen LogP contribution in [0.4, 0.5) is 8.78 Å². The maximum atomic E-state index is 11.5. The Hall–Kier alpha value is 0.1000. The van der Waals surface area contributed by atoms with Crippen LogP contribution in [0.25, 0.3) is 0 Å². The van der Waals surface area contributed by atoms with Crippen molar-refractivity contribution in [3.05, 3.63) is 0 Å². The lowest BCUT2D eigenvalue weighted by Crippen LogP contribution is -2.20. The Morgan fingerprint density at radius 3 is 2.12 bits per heavy atom. The first kappa shape index (κ1) is 8.10. The largest absolute Gasteiger partial charge is 0.406 e. The van der Waals surface area contributed by atoms with Crippen molar-refractivity contribution in [3.63, 3.8) is 0 Å². The molecular weight excluding hydrogens is 209 g/mol. The fourth-order valence-corrected chi connectivity index (χ4v) is 0.315. The van der Waals surface area contributed by atoms with E-state index >= 15 is 0 Å². The minimum absolute atomic E-state index is 1.71. The van der Waals surface area contributed by atoms with Crippen molar-refractivity contribution >= 4 is 33.8 Å². The monoisotopic (exact) mass is 208 g/mol. The number of halogens is 4. The van der Waals surface area contributed by atoms with Gasteiger partial charge in [0.15, 0.2) is 0 Å². The van der Waals surface area contributed by atoms with Crippen molar-refractivity contribution < 1.29 is 17.9 Å². The number of hydrogen-bond acceptors (Lipinski definition) is 2. The van der Waals surface area contributed by atoms with E-state index in [-0.39, 0.29) is 0 Å². The molecule has 0 aliphatic rings. The van der Waals surface area contributed by atoms with Crippen LogP contribution in [0.1, 0.15) is 0 Å². The molecule has 6 heteroatoms. The minimum atomic E-state index is -3.67. The van der Waals surface area contributed by atoms with Gasteiger partial charge in [-0.3, -0.25) is 0 Å². The van der Waals surface area contributed by atoms with Crippen LogP contribution in [0.15, 0.2) is 0 Å². The molecule has 48 valence electrons. The molecule has 0 saturated carbocycles. The van der Waals surface area contributed by atoms with Gasteiger partial charge >= 0.3 is 10.8 Å². The maximum absolute atomic E-state index is 11.5. The average molecular weight is 209 g/mol. The van der Waals surface area contributed by atoms with Crippen LogP contribution in [0.5, 0.6) is 0 Å². The zero-order valence-corrected chi connectivity index (χ0v) is 5.67. The molecule has 2 nitrogen and oxygen atoms in total. The summed E-state index contributed by atoms with van der Waals surface area (Å²) in [6.07, 6.45) is 0. The molecule has 0 amide bonds. The van der Waals surface area contributed by atoms with E-state index in [2.05, 4.69) is 16.2 Å². The average Bonchev–Trinajstić information content (AvgIpc) is 1.62. The molecule has 0 unspecified atom stereocenters. The van der Waals surface area contributed by atoms with Crippen LogP contribution in [0.3, 0.4) is 0 Å². The van der Waals surface area contributed by atoms with Crippen LogP contribution in [0.2, 0.25) is 0 Å². The molecule has 0 fully saturated rings. The second-order valence-electron chi connectivity index (χ2n) is 0.862. The highest BCUT2D eigenvalue weighted by Gasteiger charge is 2.37. The Labute approximate surface area is 57.1 Å². The van der Waals surface area contributed by atoms with Crippen molar-refractivity contribution in [1.82, 2.24) is 0 Å². The van der Waals surface area contributed by atoms with E-state index in [9.17, 15) is 13.6 Å². The van der Waals surface area contributed by atoms with Gasteiger partial charge in [-0.05, 0) is 0 Å². The highest BCUT2D eigenvalue weighted by Crippen LogP contribution is 2.23. The van der Waals surface area contributed by atoms with Crippen molar-refractivity contribution in [2.24, 2.45) is 0 Å². The van der Waals surface area contributed by atoms with Gasteiger partial charge in [-0.15, -0.1) is 0 Å². The third kappa shape index (κ3) is 2.42. The molecule has 0 bridgehead atoms. The first-order valence-electron chi connectivity index (χ1n) is 1.38. The lowest BCUT2D eigenvalue weighted by atomic mass is 10.7. The zero-order chi connectivity index (χ0) is 6.78. The van der Waals surface area contributed by atoms with Crippen molar-refractivity contribution in [2.45, 2.75) is 4.83 Å². The Morgan fingerprint density at radius 1 is 1.75 bits per heavy atom. The van der Waals surface area contributed by atoms with E-state index in [1.807, 2.05) is 0 Å². The first-order chi connectivity index (χ1) is 3.48. The van der Waals surface area contributed by atoms with Gasteiger partial charge in [0.1, 0.15) is 11.9 Å². The highest BCUT2D eigenvalue weighted by molar-refractivity contribution is 9.10. The Balaban J connectivity index is 3.82. The van der Waals surface area contributed by atoms with Gasteiger partial charge < -0.3 is 4.29 Å². The van der Waals surface area contributed by atoms with E-state index in [1.54, 1.807) is 15.9 Å². The van der Waals surface area contributed by atoms with E-state index in [1.165, 1.54) is 0 Å². The second kappa shape index (κ2) is 2.59. The molecule has 0 aromatic carbocycles. The topological polar surface area (TPSA) is 26.3 Å². The lowest BCUT2D eigenvalue weighted by molar-refractivity contribution is -0.148. The number of alkyl halides is 3. The maximum Gasteiger partial charge on any atom is 0.406 e. The van der Waals surface area contributed by atoms with Crippen molar-refractivity contribution in [3.8, 4) is 0 Å². The van der Waals surface area contributed by atoms with Crippen LogP contribution in [-0.2, 0) is 9.08 Å². The summed E-state index contributed by atoms with van der Waals surface area (Å²) in [6, 6.07) is 0. The molecule has 0 spiro atoms. The van der Waals surface area contributed by atoms with E-state index in [0.29, 0.717) is 0 Å². The molecular formula is C2BrClF2O2. The number of carbonyl (C=O) groups excluding carboxylic acids is 1. The molecule has 0 aliphatic carbocycles. The van der Waals surface area contributed by atoms with Gasteiger partial charge in [-0.25, -0.2) is 4.79 Å². The normalized spacial score (nSPS) is 11.0. The molecule has 0 N–H and O–H groups in total. The Bertz CT molecular complexity index is 101. The standard InChI is InChI=1S/C2BrClF2O2/c3-2(5,6)1(7)8-4. The van der Waals surface area contributed by atoms with Crippen LogP contribution in [0, 0.1) is 0 Å². The summed E-state index contributed by atoms with van der Waals surface area (Å²) in [6.45, 7) is 0. The molecule has 0 aliphatic heterocycles. The van der Waals surface area contributed by atoms with Crippen LogP contribution < -0.4 is 0 Å². The number of carbonyl (C=O) groups is 1. The SMILES string of the molecule is O=C(OCl)C(F)(F)Br. The summed E-state index contributed by atoms with van der Waals surface area (Å²) in [4.78, 5) is 6.01. The Morgan fingerprint density at radius 2 is 2.12 bits per heavy atom. The first-order valence-corrected chi connectivity index (χ1v) is 2.48. The summed E-state index contributed by atoms with van der Waals surface area (Å²) < 4.78 is 26.1. The smallest absolute Gasteiger partial charge is 0.342 e. The van der Waals surface area contributed by atoms with E-state index in [0.717, 1.165) is 0 Å². The molecule has 0 heterocycles. The second-order valence-corrected chi connectivity index (χ2v) is 2.01. The predicted octanol–water partition coefficient (Wildman–Crippen LogP) is 1.67. The van der Waals surface area contributed by atoms with Gasteiger partial charge in [-0.1, -0.05) is 0 Å². The van der Waals surface area contributed by atoms with Gasteiger partial charge in [-0.2, -0.15) is 8.78 Å². The fourth-order valence-electron chi connectivity index (χ4n) is 0.0437. The molecule has 0 saturated heterocycles. The molecule has 0 atom stereocenters. The van der Waals surface area contributed by atoms with Crippen molar-refractivity contribution in [2.75, 3.05) is 0 Å². The van der Waals surface area contributed by atoms with Gasteiger partial charge in [0.05, 0.1) is 0 Å². The van der Waals surface area contributed by atoms with Gasteiger partial charge in [0.25, 0.3) is 0 Å². The molecule has 0 rings (SSSR count). The molecule has 0 radical (unpaired) electrons. The lowest BCUT2D eigenvalue weighted by Gasteiger charge is -1.99. The van der Waals surface area contributed by atoms with E-state index in [4.69, 9.17) is 0 Å². The summed E-state index contributed by atoms with van der Waals surface area (Å²) >= 11 is 5.99. The summed E-state index contributed by atoms with van der Waals surface area (Å²) in [5.74, 6) is -1.82. The number of rotatable bonds is 1. The van der Waals surface area contributed by atoms with Crippen LogP contribution >= 0.6 is 27.8 Å². The zero-order valence-electron chi connectivity index (χ0n) is 3.33. The summed E-state index contributed by atoms with van der Waals surface area (Å²) in [5.41, 5.74) is 0. The minimum Gasteiger partial charge on any atom is -0.342 e. The third-order valence-corrected chi connectivity index (χ3v) is 0.765. The molecule has 0 aromatic rings. The van der Waals surface area contributed by atoms with Gasteiger partial charge in [0, 0.05) is 15.9 Å². The van der Waals surface area contributed by atoms with Gasteiger partial charge in [0.2, 0.25) is 0 Å². The molecule has 8 heavy (non-hydrogen) atoms. The molecule has 0 aromatic heterocycles. The summed E-state index contributed by atoms with van der Waals surface area (Å²) in [5, 5.41) is 0. The highest BCUT2D eigenvalue weighted by atomic mass is 79.9.